The van der Waals surface area contributed by atoms with Gasteiger partial charge in [0.15, 0.2) is 11.6 Å². The predicted molar refractivity (Wildman–Crippen MR) is 95.2 cm³/mol. The van der Waals surface area contributed by atoms with E-state index in [1.165, 1.54) is 6.07 Å². The Hall–Kier alpha value is -2.96. The third-order valence-corrected chi connectivity index (χ3v) is 4.93. The zero-order valence-corrected chi connectivity index (χ0v) is 14.8. The zero-order valence-electron chi connectivity index (χ0n) is 14.8. The van der Waals surface area contributed by atoms with Gasteiger partial charge in [0.1, 0.15) is 6.10 Å². The Morgan fingerprint density at radius 1 is 1.15 bits per heavy atom. The molecule has 4 rings (SSSR count). The van der Waals surface area contributed by atoms with Crippen molar-refractivity contribution in [1.82, 2.24) is 14.8 Å². The average Bonchev–Trinajstić information content (AvgIpc) is 3.00. The first-order chi connectivity index (χ1) is 13.1. The molecule has 2 aliphatic rings. The van der Waals surface area contributed by atoms with Crippen molar-refractivity contribution in [3.63, 3.8) is 0 Å². The molecule has 1 aromatic carbocycles. The third-order valence-electron chi connectivity index (χ3n) is 4.93. The highest BCUT2D eigenvalue weighted by Crippen LogP contribution is 2.26. The molecule has 2 fully saturated rings. The molecule has 3 heterocycles. The largest absolute Gasteiger partial charge is 0.484 e. The van der Waals surface area contributed by atoms with Crippen molar-refractivity contribution in [1.29, 1.82) is 0 Å². The number of hydrogen-bond acceptors (Lipinski definition) is 4. The van der Waals surface area contributed by atoms with Gasteiger partial charge in [-0.25, -0.2) is 4.39 Å². The van der Waals surface area contributed by atoms with Crippen LogP contribution >= 0.6 is 0 Å². The maximum absolute atomic E-state index is 13.6. The first-order valence-electron chi connectivity index (χ1n) is 8.98. The first kappa shape index (κ1) is 17.5. The van der Waals surface area contributed by atoms with Crippen LogP contribution in [0.3, 0.4) is 0 Å². The van der Waals surface area contributed by atoms with Crippen molar-refractivity contribution in [2.24, 2.45) is 5.92 Å². The molecular formula is C20H20FN3O3. The number of hydrogen-bond donors (Lipinski definition) is 0. The van der Waals surface area contributed by atoms with Crippen LogP contribution in [-0.2, 0) is 16.1 Å². The van der Waals surface area contributed by atoms with Crippen LogP contribution < -0.4 is 4.74 Å². The Morgan fingerprint density at radius 3 is 2.67 bits per heavy atom. The normalized spacial score (nSPS) is 19.9. The fourth-order valence-electron chi connectivity index (χ4n) is 3.45. The van der Waals surface area contributed by atoms with E-state index in [0.717, 1.165) is 5.69 Å². The van der Waals surface area contributed by atoms with Gasteiger partial charge in [0, 0.05) is 19.2 Å². The van der Waals surface area contributed by atoms with E-state index in [4.69, 9.17) is 4.74 Å². The second-order valence-corrected chi connectivity index (χ2v) is 6.91. The lowest BCUT2D eigenvalue weighted by Gasteiger charge is -2.40. The molecule has 0 N–H and O–H groups in total. The Labute approximate surface area is 156 Å². The second kappa shape index (κ2) is 7.34. The van der Waals surface area contributed by atoms with E-state index in [-0.39, 0.29) is 36.0 Å². The van der Waals surface area contributed by atoms with Crippen LogP contribution in [0.15, 0.2) is 48.7 Å². The summed E-state index contributed by atoms with van der Waals surface area (Å²) in [4.78, 5) is 32.4. The monoisotopic (exact) mass is 369 g/mol. The zero-order chi connectivity index (χ0) is 18.8. The van der Waals surface area contributed by atoms with E-state index in [1.807, 2.05) is 18.2 Å². The minimum atomic E-state index is -0.408. The minimum Gasteiger partial charge on any atom is -0.484 e. The van der Waals surface area contributed by atoms with Crippen molar-refractivity contribution < 1.29 is 18.7 Å². The lowest BCUT2D eigenvalue weighted by molar-refractivity contribution is -0.144. The van der Waals surface area contributed by atoms with E-state index >= 15 is 0 Å². The summed E-state index contributed by atoms with van der Waals surface area (Å²) in [5.41, 5.74) is 0.807. The number of carbonyl (C=O) groups excluding carboxylic acids is 2. The van der Waals surface area contributed by atoms with Crippen molar-refractivity contribution in [3.8, 4) is 5.75 Å². The van der Waals surface area contributed by atoms with Crippen molar-refractivity contribution in [3.05, 3.63) is 60.2 Å². The predicted octanol–water partition coefficient (Wildman–Crippen LogP) is 1.86. The fraction of sp³-hybridized carbons (Fsp3) is 0.350. The van der Waals surface area contributed by atoms with Crippen molar-refractivity contribution in [2.75, 3.05) is 19.6 Å². The van der Waals surface area contributed by atoms with E-state index < -0.39 is 5.82 Å². The van der Waals surface area contributed by atoms with Crippen LogP contribution in [0.1, 0.15) is 12.1 Å². The lowest BCUT2D eigenvalue weighted by Crippen LogP contribution is -2.57. The number of benzene rings is 1. The molecule has 2 saturated heterocycles. The number of amides is 2. The second-order valence-electron chi connectivity index (χ2n) is 6.91. The molecule has 6 nitrogen and oxygen atoms in total. The molecule has 0 saturated carbocycles. The molecule has 2 aliphatic heterocycles. The van der Waals surface area contributed by atoms with Gasteiger partial charge in [-0.15, -0.1) is 0 Å². The fourth-order valence-corrected chi connectivity index (χ4v) is 3.45. The van der Waals surface area contributed by atoms with Crippen LogP contribution in [0.25, 0.3) is 0 Å². The Morgan fingerprint density at radius 2 is 1.93 bits per heavy atom. The summed E-state index contributed by atoms with van der Waals surface area (Å²) in [5, 5.41) is 0. The molecule has 27 heavy (non-hydrogen) atoms. The quantitative estimate of drug-likeness (QED) is 0.807. The molecule has 7 heteroatoms. The van der Waals surface area contributed by atoms with Gasteiger partial charge in [-0.3, -0.25) is 14.6 Å². The summed E-state index contributed by atoms with van der Waals surface area (Å²) >= 11 is 0. The van der Waals surface area contributed by atoms with Crippen LogP contribution in [0.2, 0.25) is 0 Å². The molecule has 0 bridgehead atoms. The summed E-state index contributed by atoms with van der Waals surface area (Å²) < 4.78 is 19.2. The number of para-hydroxylation sites is 1. The van der Waals surface area contributed by atoms with Gasteiger partial charge in [-0.2, -0.15) is 0 Å². The number of likely N-dealkylation sites (tertiary alicyclic amines) is 2. The summed E-state index contributed by atoms with van der Waals surface area (Å²) in [6, 6.07) is 11.8. The topological polar surface area (TPSA) is 62.7 Å². The number of aromatic nitrogens is 1. The van der Waals surface area contributed by atoms with E-state index in [0.29, 0.717) is 26.2 Å². The van der Waals surface area contributed by atoms with Crippen molar-refractivity contribution >= 4 is 11.8 Å². The van der Waals surface area contributed by atoms with Crippen LogP contribution in [0.5, 0.6) is 5.75 Å². The first-order valence-corrected chi connectivity index (χ1v) is 8.98. The van der Waals surface area contributed by atoms with Gasteiger partial charge in [-0.05, 0) is 24.3 Å². The molecule has 0 aliphatic carbocycles. The smallest absolute Gasteiger partial charge is 0.228 e. The van der Waals surface area contributed by atoms with E-state index in [2.05, 4.69) is 4.98 Å². The SMILES string of the molecule is O=C1CC(C(=O)N2CC(Oc3ccccc3F)C2)CN1Cc1ccccn1. The number of nitrogens with zero attached hydrogens (tertiary/aromatic N) is 3. The number of pyridine rings is 1. The molecule has 1 unspecified atom stereocenters. The maximum atomic E-state index is 13.6. The number of ether oxygens (including phenoxy) is 1. The lowest BCUT2D eigenvalue weighted by atomic mass is 10.0. The number of carbonyl (C=O) groups is 2. The highest BCUT2D eigenvalue weighted by Gasteiger charge is 2.41. The summed E-state index contributed by atoms with van der Waals surface area (Å²) in [7, 11) is 0. The third kappa shape index (κ3) is 3.77. The Kier molecular flexibility index (Phi) is 4.75. The molecule has 0 spiro atoms. The van der Waals surface area contributed by atoms with Crippen LogP contribution in [-0.4, -0.2) is 52.3 Å². The molecule has 1 aromatic heterocycles. The molecule has 1 atom stereocenters. The van der Waals surface area contributed by atoms with Gasteiger partial charge < -0.3 is 14.5 Å². The Balaban J connectivity index is 1.28. The molecule has 140 valence electrons. The molecule has 2 aromatic rings. The molecule has 0 radical (unpaired) electrons. The maximum Gasteiger partial charge on any atom is 0.228 e. The van der Waals surface area contributed by atoms with Gasteiger partial charge in [-0.1, -0.05) is 18.2 Å². The summed E-state index contributed by atoms with van der Waals surface area (Å²) in [6.07, 6.45) is 1.70. The highest BCUT2D eigenvalue weighted by molar-refractivity contribution is 5.89. The highest BCUT2D eigenvalue weighted by atomic mass is 19.1. The number of halogens is 1. The molecular weight excluding hydrogens is 349 g/mol. The summed E-state index contributed by atoms with van der Waals surface area (Å²) in [6.45, 7) is 1.66. The van der Waals surface area contributed by atoms with E-state index in [1.54, 1.807) is 34.2 Å². The van der Waals surface area contributed by atoms with Crippen LogP contribution in [0, 0.1) is 11.7 Å². The molecule has 2 amide bonds. The Bertz CT molecular complexity index is 839. The van der Waals surface area contributed by atoms with Crippen LogP contribution in [0.4, 0.5) is 4.39 Å². The van der Waals surface area contributed by atoms with Gasteiger partial charge in [0.2, 0.25) is 11.8 Å². The van der Waals surface area contributed by atoms with Gasteiger partial charge >= 0.3 is 0 Å². The standard InChI is InChI=1S/C20H20FN3O3/c21-17-6-1-2-7-18(17)27-16-12-24(13-16)20(26)14-9-19(25)23(10-14)11-15-5-3-4-8-22-15/h1-8,14,16H,9-13H2. The van der Waals surface area contributed by atoms with Crippen molar-refractivity contribution in [2.45, 2.75) is 19.1 Å². The number of rotatable bonds is 5. The van der Waals surface area contributed by atoms with E-state index in [9.17, 15) is 14.0 Å². The van der Waals surface area contributed by atoms with Gasteiger partial charge in [0.05, 0.1) is 31.2 Å². The van der Waals surface area contributed by atoms with Gasteiger partial charge in [0.25, 0.3) is 0 Å². The average molecular weight is 369 g/mol. The summed E-state index contributed by atoms with van der Waals surface area (Å²) in [5.74, 6) is -0.615. The minimum absolute atomic E-state index is 0.0290.